The Morgan fingerprint density at radius 3 is 0.767 bits per heavy atom. The van der Waals surface area contributed by atoms with Crippen molar-refractivity contribution in [2.45, 2.75) is 335 Å². The molecule has 0 rings (SSSR count). The molecule has 0 aliphatic carbocycles. The number of unbranched alkanes of at least 4 members (excludes halogenated alkanes) is 37. The van der Waals surface area contributed by atoms with Crippen molar-refractivity contribution in [3.8, 4) is 0 Å². The normalized spacial score (nSPS) is 12.4. The number of esters is 3. The number of carbonyl (C=O) groups is 3. The van der Waals surface area contributed by atoms with E-state index in [0.717, 1.165) is 83.5 Å². The summed E-state index contributed by atoms with van der Waals surface area (Å²) in [6.45, 7) is 6.57. The molecule has 1 atom stereocenters. The fourth-order valence-electron chi connectivity index (χ4n) is 9.19. The van der Waals surface area contributed by atoms with Crippen LogP contribution in [0.25, 0.3) is 0 Å². The Bertz CT molecular complexity index is 1310. The van der Waals surface area contributed by atoms with E-state index in [1.807, 2.05) is 0 Å². The van der Waals surface area contributed by atoms with E-state index in [1.165, 1.54) is 205 Å². The lowest BCUT2D eigenvalue weighted by Crippen LogP contribution is -2.30. The topological polar surface area (TPSA) is 78.9 Å². The van der Waals surface area contributed by atoms with Crippen LogP contribution in [0.1, 0.15) is 329 Å². The van der Waals surface area contributed by atoms with Gasteiger partial charge in [-0.15, -0.1) is 0 Å². The predicted octanol–water partition coefficient (Wildman–Crippen LogP) is 21.6. The van der Waals surface area contributed by atoms with Gasteiger partial charge in [0.15, 0.2) is 6.10 Å². The molecule has 0 amide bonds. The minimum Gasteiger partial charge on any atom is -0.462 e. The summed E-state index contributed by atoms with van der Waals surface area (Å²) < 4.78 is 16.8. The lowest BCUT2D eigenvalue weighted by Gasteiger charge is -2.18. The molecule has 0 bridgehead atoms. The highest BCUT2D eigenvalue weighted by atomic mass is 16.6. The van der Waals surface area contributed by atoms with Gasteiger partial charge in [-0.25, -0.2) is 0 Å². The van der Waals surface area contributed by atoms with E-state index in [9.17, 15) is 14.4 Å². The maximum atomic E-state index is 12.8. The molecule has 73 heavy (non-hydrogen) atoms. The van der Waals surface area contributed by atoms with Crippen LogP contribution in [-0.2, 0) is 28.6 Å². The average Bonchev–Trinajstić information content (AvgIpc) is 3.39. The fourth-order valence-corrected chi connectivity index (χ4v) is 9.19. The predicted molar refractivity (Wildman–Crippen MR) is 316 cm³/mol. The first kappa shape index (κ1) is 70.1. The molecule has 0 saturated carbocycles. The molecule has 0 saturated heterocycles. The Kier molecular flexibility index (Phi) is 59.2. The molecule has 0 heterocycles. The van der Waals surface area contributed by atoms with E-state index in [1.54, 1.807) is 0 Å². The molecule has 6 nitrogen and oxygen atoms in total. The smallest absolute Gasteiger partial charge is 0.306 e. The Morgan fingerprint density at radius 1 is 0.274 bits per heavy atom. The van der Waals surface area contributed by atoms with Crippen molar-refractivity contribution < 1.29 is 28.6 Å². The summed E-state index contributed by atoms with van der Waals surface area (Å²) in [6, 6.07) is 0. The molecular weight excluding hydrogens is 901 g/mol. The third-order valence-electron chi connectivity index (χ3n) is 14.0. The van der Waals surface area contributed by atoms with Crippen LogP contribution in [-0.4, -0.2) is 37.2 Å². The second kappa shape index (κ2) is 61.7. The zero-order valence-electron chi connectivity index (χ0n) is 48.7. The first-order valence-corrected chi connectivity index (χ1v) is 31.8. The van der Waals surface area contributed by atoms with Crippen LogP contribution in [0.5, 0.6) is 0 Å². The van der Waals surface area contributed by atoms with Gasteiger partial charge in [-0.2, -0.15) is 0 Å². The Balaban J connectivity index is 4.03. The first-order valence-electron chi connectivity index (χ1n) is 31.8. The molecule has 0 aromatic heterocycles. The zero-order chi connectivity index (χ0) is 52.9. The lowest BCUT2D eigenvalue weighted by atomic mass is 10.0. The van der Waals surface area contributed by atoms with Crippen LogP contribution >= 0.6 is 0 Å². The highest BCUT2D eigenvalue weighted by Gasteiger charge is 2.19. The highest BCUT2D eigenvalue weighted by molar-refractivity contribution is 5.71. The van der Waals surface area contributed by atoms with Crippen LogP contribution in [0.3, 0.4) is 0 Å². The quantitative estimate of drug-likeness (QED) is 0.0261. The van der Waals surface area contributed by atoms with Crippen LogP contribution in [0.15, 0.2) is 60.8 Å². The van der Waals surface area contributed by atoms with Crippen molar-refractivity contribution in [1.82, 2.24) is 0 Å². The Morgan fingerprint density at radius 2 is 0.493 bits per heavy atom. The van der Waals surface area contributed by atoms with Crippen molar-refractivity contribution in [2.75, 3.05) is 13.2 Å². The van der Waals surface area contributed by atoms with Gasteiger partial charge in [-0.3, -0.25) is 14.4 Å². The molecule has 0 aromatic carbocycles. The number of rotatable bonds is 58. The van der Waals surface area contributed by atoms with Crippen LogP contribution in [0.4, 0.5) is 0 Å². The van der Waals surface area contributed by atoms with Gasteiger partial charge in [0.05, 0.1) is 0 Å². The molecular formula is C67H120O6. The lowest BCUT2D eigenvalue weighted by molar-refractivity contribution is -0.167. The zero-order valence-corrected chi connectivity index (χ0v) is 48.7. The molecule has 1 unspecified atom stereocenters. The molecule has 0 aliphatic heterocycles. The highest BCUT2D eigenvalue weighted by Crippen LogP contribution is 2.16. The standard InChI is InChI=1S/C67H120O6/c1-4-7-10-13-15-17-19-21-23-25-27-29-31-32-33-34-36-37-39-41-43-45-47-49-51-54-57-60-66(69)72-63-64(62-71-65(68)59-56-53-12-9-6-3)73-67(70)61-58-55-52-50-48-46-44-42-40-38-35-30-28-26-24-22-20-18-16-14-11-8-5-2/h19-22,25-28,31-32,64H,4-18,23-24,29-30,33-63H2,1-3H3/b21-19-,22-20-,27-25-,28-26-,32-31-. The monoisotopic (exact) mass is 1020 g/mol. The van der Waals surface area contributed by atoms with Crippen molar-refractivity contribution in [1.29, 1.82) is 0 Å². The van der Waals surface area contributed by atoms with E-state index >= 15 is 0 Å². The second-order valence-electron chi connectivity index (χ2n) is 21.3. The van der Waals surface area contributed by atoms with Crippen LogP contribution < -0.4 is 0 Å². The van der Waals surface area contributed by atoms with Crippen molar-refractivity contribution in [2.24, 2.45) is 0 Å². The molecule has 0 radical (unpaired) electrons. The van der Waals surface area contributed by atoms with E-state index < -0.39 is 6.10 Å². The molecule has 0 spiro atoms. The summed E-state index contributed by atoms with van der Waals surface area (Å²) in [5.41, 5.74) is 0. The van der Waals surface area contributed by atoms with Gasteiger partial charge in [-0.05, 0) is 89.9 Å². The van der Waals surface area contributed by atoms with Crippen molar-refractivity contribution in [3.63, 3.8) is 0 Å². The van der Waals surface area contributed by atoms with E-state index in [2.05, 4.69) is 81.5 Å². The minimum absolute atomic E-state index is 0.0741. The third-order valence-corrected chi connectivity index (χ3v) is 14.0. The molecule has 0 N–H and O–H groups in total. The summed E-state index contributed by atoms with van der Waals surface area (Å²) in [5, 5.41) is 0. The minimum atomic E-state index is -0.772. The maximum absolute atomic E-state index is 12.8. The fraction of sp³-hybridized carbons (Fsp3) is 0.806. The van der Waals surface area contributed by atoms with Crippen LogP contribution in [0.2, 0.25) is 0 Å². The number of hydrogen-bond donors (Lipinski definition) is 0. The summed E-state index contributed by atoms with van der Waals surface area (Å²) in [4.78, 5) is 37.9. The number of allylic oxidation sites excluding steroid dienone is 10. The number of carbonyl (C=O) groups excluding carboxylic acids is 3. The molecule has 0 aliphatic rings. The summed E-state index contributed by atoms with van der Waals surface area (Å²) in [7, 11) is 0. The molecule has 424 valence electrons. The van der Waals surface area contributed by atoms with E-state index in [-0.39, 0.29) is 31.1 Å². The summed E-state index contributed by atoms with van der Waals surface area (Å²) >= 11 is 0. The van der Waals surface area contributed by atoms with Crippen LogP contribution in [0, 0.1) is 0 Å². The third kappa shape index (κ3) is 59.9. The molecule has 0 aromatic rings. The maximum Gasteiger partial charge on any atom is 0.306 e. The van der Waals surface area contributed by atoms with E-state index in [0.29, 0.717) is 19.3 Å². The van der Waals surface area contributed by atoms with Gasteiger partial charge in [0.1, 0.15) is 13.2 Å². The largest absolute Gasteiger partial charge is 0.462 e. The van der Waals surface area contributed by atoms with Gasteiger partial charge in [-0.1, -0.05) is 281 Å². The van der Waals surface area contributed by atoms with Gasteiger partial charge in [0.25, 0.3) is 0 Å². The van der Waals surface area contributed by atoms with Crippen molar-refractivity contribution in [3.05, 3.63) is 60.8 Å². The number of ether oxygens (including phenoxy) is 3. The first-order chi connectivity index (χ1) is 36.0. The SMILES string of the molecule is CCCCCCC/C=C\C/C=C\C/C=C\CCCCCCCCCCCCCCC(=O)OCC(COC(=O)CCCCCCC)OC(=O)CCCCCCCCCCCCC/C=C\C/C=C\CCCCCCC. The van der Waals surface area contributed by atoms with Gasteiger partial charge >= 0.3 is 17.9 Å². The average molecular weight is 1020 g/mol. The Labute approximate surface area is 453 Å². The summed E-state index contributed by atoms with van der Waals surface area (Å²) in [5.74, 6) is -0.878. The van der Waals surface area contributed by atoms with Crippen molar-refractivity contribution >= 4 is 17.9 Å². The Hall–Kier alpha value is -2.89. The van der Waals surface area contributed by atoms with Gasteiger partial charge < -0.3 is 14.2 Å². The summed E-state index contributed by atoms with van der Waals surface area (Å²) in [6.07, 6.45) is 78.5. The van der Waals surface area contributed by atoms with Gasteiger partial charge in [0.2, 0.25) is 0 Å². The van der Waals surface area contributed by atoms with E-state index in [4.69, 9.17) is 14.2 Å². The van der Waals surface area contributed by atoms with Gasteiger partial charge in [0, 0.05) is 19.3 Å². The second-order valence-corrected chi connectivity index (χ2v) is 21.3. The molecule has 6 heteroatoms. The molecule has 0 fully saturated rings. The number of hydrogen-bond acceptors (Lipinski definition) is 6.